The van der Waals surface area contributed by atoms with Crippen molar-refractivity contribution in [1.29, 1.82) is 0 Å². The maximum Gasteiger partial charge on any atom is 0.277 e. The third-order valence-electron chi connectivity index (χ3n) is 1.67. The number of hydrogen-bond acceptors (Lipinski definition) is 2. The fourth-order valence-corrected chi connectivity index (χ4v) is 0.820. The van der Waals surface area contributed by atoms with Crippen LogP contribution in [0.2, 0.25) is 0 Å². The van der Waals surface area contributed by atoms with Crippen LogP contribution in [-0.2, 0) is 4.79 Å². The number of amides is 1. The molecule has 5 heteroatoms. The molecule has 0 aromatic rings. The van der Waals surface area contributed by atoms with Gasteiger partial charge in [0.1, 0.15) is 0 Å². The Morgan fingerprint density at radius 1 is 1.57 bits per heavy atom. The Bertz CT molecular complexity index is 227. The van der Waals surface area contributed by atoms with Gasteiger partial charge in [-0.25, -0.2) is 8.78 Å². The van der Waals surface area contributed by atoms with Crippen LogP contribution in [-0.4, -0.2) is 24.9 Å². The van der Waals surface area contributed by atoms with Crippen LogP contribution in [0.1, 0.15) is 20.3 Å². The molecule has 0 saturated carbocycles. The quantitative estimate of drug-likeness (QED) is 0.661. The summed E-state index contributed by atoms with van der Waals surface area (Å²) in [5.74, 6) is -3.50. The molecule has 0 bridgehead atoms. The average Bonchev–Trinajstić information content (AvgIpc) is 2.15. The van der Waals surface area contributed by atoms with E-state index in [1.807, 2.05) is 6.92 Å². The third kappa shape index (κ3) is 4.91. The van der Waals surface area contributed by atoms with Crippen molar-refractivity contribution in [2.45, 2.75) is 26.2 Å². The predicted molar refractivity (Wildman–Crippen MR) is 51.1 cm³/mol. The van der Waals surface area contributed by atoms with E-state index in [4.69, 9.17) is 5.73 Å². The fourth-order valence-electron chi connectivity index (χ4n) is 0.820. The highest BCUT2D eigenvalue weighted by Crippen LogP contribution is 2.09. The Hall–Kier alpha value is -0.970. The van der Waals surface area contributed by atoms with Gasteiger partial charge in [-0.2, -0.15) is 0 Å². The first kappa shape index (κ1) is 13.0. The second kappa shape index (κ2) is 5.70. The van der Waals surface area contributed by atoms with Gasteiger partial charge >= 0.3 is 0 Å². The first-order valence-electron chi connectivity index (χ1n) is 4.46. The Kier molecular flexibility index (Phi) is 5.30. The highest BCUT2D eigenvalue weighted by Gasteiger charge is 2.27. The first-order valence-corrected chi connectivity index (χ1v) is 4.46. The summed E-state index contributed by atoms with van der Waals surface area (Å²) in [6.45, 7) is 1.98. The molecule has 14 heavy (non-hydrogen) atoms. The Morgan fingerprint density at radius 2 is 2.14 bits per heavy atom. The molecule has 82 valence electrons. The van der Waals surface area contributed by atoms with Crippen LogP contribution < -0.4 is 11.1 Å². The summed E-state index contributed by atoms with van der Waals surface area (Å²) < 4.78 is 25.2. The largest absolute Gasteiger partial charge is 0.346 e. The zero-order valence-corrected chi connectivity index (χ0v) is 8.44. The van der Waals surface area contributed by atoms with E-state index in [1.54, 1.807) is 13.0 Å². The van der Waals surface area contributed by atoms with Gasteiger partial charge in [0.25, 0.3) is 5.92 Å². The summed E-state index contributed by atoms with van der Waals surface area (Å²) in [6, 6.07) is 0. The van der Waals surface area contributed by atoms with Crippen molar-refractivity contribution < 1.29 is 13.6 Å². The molecule has 0 aromatic carbocycles. The number of hydrogen-bond donors (Lipinski definition) is 2. The normalized spacial score (nSPS) is 12.8. The number of carbonyl (C=O) groups is 1. The van der Waals surface area contributed by atoms with Gasteiger partial charge in [-0.15, -0.1) is 0 Å². The minimum Gasteiger partial charge on any atom is -0.346 e. The lowest BCUT2D eigenvalue weighted by Gasteiger charge is -2.14. The van der Waals surface area contributed by atoms with Crippen molar-refractivity contribution in [2.75, 3.05) is 13.1 Å². The van der Waals surface area contributed by atoms with Gasteiger partial charge in [0.2, 0.25) is 5.91 Å². The number of alkyl halides is 2. The van der Waals surface area contributed by atoms with Gasteiger partial charge < -0.3 is 11.1 Å². The van der Waals surface area contributed by atoms with Crippen molar-refractivity contribution in [3.63, 3.8) is 0 Å². The van der Waals surface area contributed by atoms with Crippen molar-refractivity contribution in [3.05, 3.63) is 11.6 Å². The van der Waals surface area contributed by atoms with E-state index in [2.05, 4.69) is 5.32 Å². The van der Waals surface area contributed by atoms with Crippen molar-refractivity contribution in [2.24, 2.45) is 5.73 Å². The van der Waals surface area contributed by atoms with Crippen LogP contribution in [0.5, 0.6) is 0 Å². The topological polar surface area (TPSA) is 55.1 Å². The Morgan fingerprint density at radius 3 is 2.57 bits per heavy atom. The molecule has 0 spiro atoms. The molecular weight excluding hydrogens is 190 g/mol. The Balaban J connectivity index is 4.03. The van der Waals surface area contributed by atoms with Gasteiger partial charge in [-0.05, 0) is 13.3 Å². The maximum atomic E-state index is 12.6. The van der Waals surface area contributed by atoms with Gasteiger partial charge in [-0.3, -0.25) is 4.79 Å². The van der Waals surface area contributed by atoms with Gasteiger partial charge in [0.15, 0.2) is 0 Å². The van der Waals surface area contributed by atoms with E-state index >= 15 is 0 Å². The molecule has 0 aliphatic carbocycles. The van der Waals surface area contributed by atoms with E-state index in [9.17, 15) is 13.6 Å². The van der Waals surface area contributed by atoms with Crippen LogP contribution in [0.25, 0.3) is 0 Å². The van der Waals surface area contributed by atoms with E-state index < -0.39 is 24.9 Å². The second-order valence-electron chi connectivity index (χ2n) is 3.04. The minimum absolute atomic E-state index is 0.445. The van der Waals surface area contributed by atoms with Crippen LogP contribution in [0.4, 0.5) is 8.78 Å². The minimum atomic E-state index is -3.03. The van der Waals surface area contributed by atoms with Crippen molar-refractivity contribution >= 4 is 5.91 Å². The number of nitrogens with two attached hydrogens (primary N) is 1. The molecule has 3 N–H and O–H groups in total. The smallest absolute Gasteiger partial charge is 0.277 e. The zero-order chi connectivity index (χ0) is 11.2. The summed E-state index contributed by atoms with van der Waals surface area (Å²) >= 11 is 0. The number of carbonyl (C=O) groups excluding carboxylic acids is 1. The average molecular weight is 206 g/mol. The molecule has 0 saturated heterocycles. The molecule has 0 rings (SSSR count). The molecule has 0 aliphatic rings. The monoisotopic (exact) mass is 206 g/mol. The molecule has 1 amide bonds. The molecule has 0 heterocycles. The van der Waals surface area contributed by atoms with Crippen LogP contribution >= 0.6 is 0 Å². The van der Waals surface area contributed by atoms with Gasteiger partial charge in [-0.1, -0.05) is 13.0 Å². The molecule has 0 atom stereocenters. The number of rotatable bonds is 5. The molecule has 0 unspecified atom stereocenters. The van der Waals surface area contributed by atoms with Crippen LogP contribution in [0.3, 0.4) is 0 Å². The SMILES string of the molecule is CC/C=C(/C)C(=O)NCC(F)(F)CN. The lowest BCUT2D eigenvalue weighted by molar-refractivity contribution is -0.119. The Labute approximate surface area is 82.4 Å². The summed E-state index contributed by atoms with van der Waals surface area (Å²) in [5.41, 5.74) is 5.26. The lowest BCUT2D eigenvalue weighted by Crippen LogP contribution is -2.41. The van der Waals surface area contributed by atoms with E-state index in [1.165, 1.54) is 0 Å². The molecular formula is C9H16F2N2O. The summed E-state index contributed by atoms with van der Waals surface area (Å²) in [5, 5.41) is 2.12. The standard InChI is InChI=1S/C9H16F2N2O/c1-3-4-7(2)8(14)13-6-9(10,11)5-12/h4H,3,5-6,12H2,1-2H3,(H,13,14)/b7-4-. The highest BCUT2D eigenvalue weighted by molar-refractivity contribution is 5.92. The number of halogens is 2. The number of nitrogens with one attached hydrogen (secondary N) is 1. The molecule has 0 fully saturated rings. The van der Waals surface area contributed by atoms with Crippen molar-refractivity contribution in [3.8, 4) is 0 Å². The predicted octanol–water partition coefficient (Wildman–Crippen LogP) is 1.05. The highest BCUT2D eigenvalue weighted by atomic mass is 19.3. The summed E-state index contributed by atoms with van der Waals surface area (Å²) in [6.07, 6.45) is 2.38. The van der Waals surface area contributed by atoms with Crippen LogP contribution in [0, 0.1) is 0 Å². The third-order valence-corrected chi connectivity index (χ3v) is 1.67. The van der Waals surface area contributed by atoms with E-state index in [-0.39, 0.29) is 0 Å². The first-order chi connectivity index (χ1) is 6.43. The molecule has 0 aliphatic heterocycles. The van der Waals surface area contributed by atoms with Crippen molar-refractivity contribution in [1.82, 2.24) is 5.32 Å². The second-order valence-corrected chi connectivity index (χ2v) is 3.04. The lowest BCUT2D eigenvalue weighted by atomic mass is 10.2. The van der Waals surface area contributed by atoms with E-state index in [0.717, 1.165) is 0 Å². The van der Waals surface area contributed by atoms with Gasteiger partial charge in [0, 0.05) is 5.57 Å². The summed E-state index contributed by atoms with van der Waals surface area (Å²) in [4.78, 5) is 11.1. The van der Waals surface area contributed by atoms with Gasteiger partial charge in [0.05, 0.1) is 13.1 Å². The molecule has 0 aromatic heterocycles. The molecule has 0 radical (unpaired) electrons. The van der Waals surface area contributed by atoms with Crippen LogP contribution in [0.15, 0.2) is 11.6 Å². The van der Waals surface area contributed by atoms with E-state index in [0.29, 0.717) is 12.0 Å². The zero-order valence-electron chi connectivity index (χ0n) is 8.44. The fraction of sp³-hybridized carbons (Fsp3) is 0.667. The molecule has 3 nitrogen and oxygen atoms in total. The maximum absolute atomic E-state index is 12.6. The number of allylic oxidation sites excluding steroid dienone is 1. The summed E-state index contributed by atoms with van der Waals surface area (Å²) in [7, 11) is 0.